The van der Waals surface area contributed by atoms with Gasteiger partial charge in [-0.3, -0.25) is 9.59 Å². The molecule has 2 N–H and O–H groups in total. The molecule has 0 aliphatic rings. The molecule has 3 aromatic rings. The quantitative estimate of drug-likeness (QED) is 0.569. The highest BCUT2D eigenvalue weighted by molar-refractivity contribution is 7.99. The number of rotatable bonds is 7. The molecule has 1 aromatic heterocycles. The molecular weight excluding hydrogens is 398 g/mol. The van der Waals surface area contributed by atoms with Crippen molar-refractivity contribution in [3.8, 4) is 0 Å². The molecule has 8 heteroatoms. The van der Waals surface area contributed by atoms with E-state index >= 15 is 0 Å². The number of benzene rings is 2. The maximum atomic E-state index is 12.4. The lowest BCUT2D eigenvalue weighted by Gasteiger charge is -2.11. The maximum Gasteiger partial charge on any atom is 0.251 e. The molecule has 3 rings (SSSR count). The summed E-state index contributed by atoms with van der Waals surface area (Å²) in [4.78, 5) is 24.7. The topological polar surface area (TPSA) is 88.9 Å². The van der Waals surface area contributed by atoms with Gasteiger partial charge in [-0.05, 0) is 44.0 Å². The fourth-order valence-corrected chi connectivity index (χ4v) is 3.72. The Morgan fingerprint density at radius 2 is 1.73 bits per heavy atom. The Hall–Kier alpha value is -3.13. The number of aryl methyl sites for hydroxylation is 3. The predicted molar refractivity (Wildman–Crippen MR) is 119 cm³/mol. The third kappa shape index (κ3) is 5.27. The minimum atomic E-state index is -0.163. The number of aromatic nitrogens is 3. The van der Waals surface area contributed by atoms with Crippen molar-refractivity contribution in [1.29, 1.82) is 0 Å². The van der Waals surface area contributed by atoms with Crippen molar-refractivity contribution in [3.05, 3.63) is 70.5 Å². The van der Waals surface area contributed by atoms with Crippen LogP contribution in [0.1, 0.15) is 32.9 Å². The van der Waals surface area contributed by atoms with Crippen LogP contribution in [0.4, 0.5) is 5.69 Å². The van der Waals surface area contributed by atoms with Crippen LogP contribution in [0.2, 0.25) is 0 Å². The standard InChI is InChI=1S/C22H25N5O2S/c1-14-7-5-10-17(11-14)21(29)23-12-18-25-26-22(27(18)4)30-13-19(28)24-20-15(2)8-6-9-16(20)3/h5-11H,12-13H2,1-4H3,(H,23,29)(H,24,28). The lowest BCUT2D eigenvalue weighted by atomic mass is 10.1. The molecule has 0 atom stereocenters. The molecule has 0 saturated heterocycles. The van der Waals surface area contributed by atoms with Gasteiger partial charge >= 0.3 is 0 Å². The Bertz CT molecular complexity index is 1060. The van der Waals surface area contributed by atoms with Gasteiger partial charge in [-0.15, -0.1) is 10.2 Å². The molecule has 0 bridgehead atoms. The van der Waals surface area contributed by atoms with Gasteiger partial charge in [0.1, 0.15) is 0 Å². The molecule has 0 spiro atoms. The molecular formula is C22H25N5O2S. The summed E-state index contributed by atoms with van der Waals surface area (Å²) in [6.07, 6.45) is 0. The summed E-state index contributed by atoms with van der Waals surface area (Å²) in [7, 11) is 1.82. The van der Waals surface area contributed by atoms with Crippen molar-refractivity contribution in [2.24, 2.45) is 7.05 Å². The Labute approximate surface area is 180 Å². The van der Waals surface area contributed by atoms with Crippen molar-refractivity contribution >= 4 is 29.3 Å². The number of hydrogen-bond acceptors (Lipinski definition) is 5. The normalized spacial score (nSPS) is 10.7. The number of carbonyl (C=O) groups excluding carboxylic acids is 2. The lowest BCUT2D eigenvalue weighted by Crippen LogP contribution is -2.24. The van der Waals surface area contributed by atoms with Crippen molar-refractivity contribution in [3.63, 3.8) is 0 Å². The number of hydrogen-bond donors (Lipinski definition) is 2. The summed E-state index contributed by atoms with van der Waals surface area (Å²) in [5.74, 6) is 0.572. The third-order valence-corrected chi connectivity index (χ3v) is 5.71. The molecule has 2 aromatic carbocycles. The second-order valence-electron chi connectivity index (χ2n) is 7.11. The van der Waals surface area contributed by atoms with E-state index in [1.165, 1.54) is 11.8 Å². The summed E-state index contributed by atoms with van der Waals surface area (Å²) >= 11 is 1.30. The largest absolute Gasteiger partial charge is 0.345 e. The monoisotopic (exact) mass is 423 g/mol. The van der Waals surface area contributed by atoms with Gasteiger partial charge in [0.05, 0.1) is 12.3 Å². The Morgan fingerprint density at radius 3 is 2.43 bits per heavy atom. The van der Waals surface area contributed by atoms with Crippen LogP contribution < -0.4 is 10.6 Å². The minimum Gasteiger partial charge on any atom is -0.345 e. The van der Waals surface area contributed by atoms with Crippen LogP contribution >= 0.6 is 11.8 Å². The fourth-order valence-electron chi connectivity index (χ4n) is 2.99. The smallest absolute Gasteiger partial charge is 0.251 e. The molecule has 0 radical (unpaired) electrons. The van der Waals surface area contributed by atoms with E-state index in [9.17, 15) is 9.59 Å². The molecule has 30 heavy (non-hydrogen) atoms. The number of anilines is 1. The zero-order chi connectivity index (χ0) is 21.7. The highest BCUT2D eigenvalue weighted by Crippen LogP contribution is 2.21. The van der Waals surface area contributed by atoms with Crippen LogP contribution in [0.25, 0.3) is 0 Å². The fraction of sp³-hybridized carbons (Fsp3) is 0.273. The second kappa shape index (κ2) is 9.58. The third-order valence-electron chi connectivity index (χ3n) is 4.69. The van der Waals surface area contributed by atoms with Crippen LogP contribution in [0, 0.1) is 20.8 Å². The summed E-state index contributed by atoms with van der Waals surface area (Å²) in [5, 5.41) is 14.7. The van der Waals surface area contributed by atoms with E-state index in [1.807, 2.05) is 64.2 Å². The van der Waals surface area contributed by atoms with Crippen molar-refractivity contribution < 1.29 is 9.59 Å². The van der Waals surface area contributed by atoms with E-state index in [0.29, 0.717) is 16.5 Å². The first-order valence-electron chi connectivity index (χ1n) is 9.57. The maximum absolute atomic E-state index is 12.4. The Morgan fingerprint density at radius 1 is 1.03 bits per heavy atom. The lowest BCUT2D eigenvalue weighted by molar-refractivity contribution is -0.113. The highest BCUT2D eigenvalue weighted by atomic mass is 32.2. The summed E-state index contributed by atoms with van der Waals surface area (Å²) < 4.78 is 1.79. The van der Waals surface area contributed by atoms with Crippen LogP contribution in [0.5, 0.6) is 0 Å². The highest BCUT2D eigenvalue weighted by Gasteiger charge is 2.14. The predicted octanol–water partition coefficient (Wildman–Crippen LogP) is 3.40. The van der Waals surface area contributed by atoms with Gasteiger partial charge in [-0.25, -0.2) is 0 Å². The first-order chi connectivity index (χ1) is 14.3. The second-order valence-corrected chi connectivity index (χ2v) is 8.06. The van der Waals surface area contributed by atoms with Crippen molar-refractivity contribution in [1.82, 2.24) is 20.1 Å². The number of nitrogens with one attached hydrogen (secondary N) is 2. The summed E-state index contributed by atoms with van der Waals surface area (Å²) in [6.45, 7) is 6.14. The number of nitrogens with zero attached hydrogens (tertiary/aromatic N) is 3. The molecule has 0 unspecified atom stereocenters. The summed E-state index contributed by atoms with van der Waals surface area (Å²) in [5.41, 5.74) is 4.53. The molecule has 0 aliphatic heterocycles. The SMILES string of the molecule is Cc1cccc(C(=O)NCc2nnc(SCC(=O)Nc3c(C)cccc3C)n2C)c1. The van der Waals surface area contributed by atoms with E-state index in [-0.39, 0.29) is 24.1 Å². The van der Waals surface area contributed by atoms with Gasteiger partial charge in [0.15, 0.2) is 11.0 Å². The van der Waals surface area contributed by atoms with Gasteiger partial charge in [0.2, 0.25) is 5.91 Å². The zero-order valence-electron chi connectivity index (χ0n) is 17.5. The summed E-state index contributed by atoms with van der Waals surface area (Å²) in [6, 6.07) is 13.3. The molecule has 156 valence electrons. The van der Waals surface area contributed by atoms with Crippen molar-refractivity contribution in [2.75, 3.05) is 11.1 Å². The van der Waals surface area contributed by atoms with E-state index < -0.39 is 0 Å². The van der Waals surface area contributed by atoms with Crippen LogP contribution in [0.3, 0.4) is 0 Å². The van der Waals surface area contributed by atoms with Gasteiger partial charge in [0, 0.05) is 18.3 Å². The Balaban J connectivity index is 1.55. The minimum absolute atomic E-state index is 0.102. The number of para-hydroxylation sites is 1. The average molecular weight is 424 g/mol. The van der Waals surface area contributed by atoms with Crippen LogP contribution in [-0.4, -0.2) is 32.3 Å². The van der Waals surface area contributed by atoms with E-state index in [4.69, 9.17) is 0 Å². The van der Waals surface area contributed by atoms with Crippen LogP contribution in [0.15, 0.2) is 47.6 Å². The molecule has 1 heterocycles. The number of amides is 2. The van der Waals surface area contributed by atoms with Crippen molar-refractivity contribution in [2.45, 2.75) is 32.5 Å². The first kappa shape index (κ1) is 21.6. The molecule has 7 nitrogen and oxygen atoms in total. The van der Waals surface area contributed by atoms with E-state index in [1.54, 1.807) is 10.6 Å². The van der Waals surface area contributed by atoms with Gasteiger partial charge in [-0.2, -0.15) is 0 Å². The number of carbonyl (C=O) groups is 2. The molecule has 0 fully saturated rings. The van der Waals surface area contributed by atoms with Gasteiger partial charge in [-0.1, -0.05) is 47.7 Å². The van der Waals surface area contributed by atoms with Gasteiger partial charge < -0.3 is 15.2 Å². The Kier molecular flexibility index (Phi) is 6.89. The molecule has 2 amide bonds. The number of thioether (sulfide) groups is 1. The zero-order valence-corrected chi connectivity index (χ0v) is 18.3. The van der Waals surface area contributed by atoms with Gasteiger partial charge in [0.25, 0.3) is 5.91 Å². The first-order valence-corrected chi connectivity index (χ1v) is 10.6. The van der Waals surface area contributed by atoms with E-state index in [0.717, 1.165) is 22.4 Å². The van der Waals surface area contributed by atoms with Crippen LogP contribution in [-0.2, 0) is 18.4 Å². The molecule has 0 aliphatic carbocycles. The molecule has 0 saturated carbocycles. The van der Waals surface area contributed by atoms with E-state index in [2.05, 4.69) is 20.8 Å². The average Bonchev–Trinajstić information content (AvgIpc) is 3.07.